The minimum absolute atomic E-state index is 0. The van der Waals surface area contributed by atoms with Crippen LogP contribution in [-0.4, -0.2) is 5.60 Å². The van der Waals surface area contributed by atoms with Crippen molar-refractivity contribution < 1.29 is 35.7 Å². The summed E-state index contributed by atoms with van der Waals surface area (Å²) in [6.45, 7) is 6.12. The minimum atomic E-state index is -0.0959. The summed E-state index contributed by atoms with van der Waals surface area (Å²) in [6, 6.07) is 9.86. The van der Waals surface area contributed by atoms with E-state index in [-0.39, 0.29) is 36.6 Å². The summed E-state index contributed by atoms with van der Waals surface area (Å²) in [6.07, 6.45) is 0. The van der Waals surface area contributed by atoms with Gasteiger partial charge in [0.05, 0.1) is 0 Å². The van der Waals surface area contributed by atoms with Gasteiger partial charge in [-0.3, -0.25) is 0 Å². The van der Waals surface area contributed by atoms with E-state index in [1.165, 1.54) is 0 Å². The molecular formula is C10H15NaO. The van der Waals surface area contributed by atoms with Crippen LogP contribution in [0.15, 0.2) is 30.3 Å². The minimum Gasteiger partial charge on any atom is -1.00 e. The van der Waals surface area contributed by atoms with Crippen molar-refractivity contribution in [3.63, 3.8) is 0 Å². The van der Waals surface area contributed by atoms with Crippen molar-refractivity contribution in [2.75, 3.05) is 0 Å². The molecule has 1 aromatic carbocycles. The zero-order valence-electron chi connectivity index (χ0n) is 9.29. The summed E-state index contributed by atoms with van der Waals surface area (Å²) in [4.78, 5) is 0. The van der Waals surface area contributed by atoms with E-state index < -0.39 is 0 Å². The number of hydrogen-bond donors (Lipinski definition) is 0. The summed E-state index contributed by atoms with van der Waals surface area (Å²) in [5.41, 5.74) is -0.0959. The Bertz CT molecular complexity index is 218. The van der Waals surface area contributed by atoms with Crippen molar-refractivity contribution in [3.8, 4) is 5.75 Å². The maximum Gasteiger partial charge on any atom is 1.00 e. The molecule has 0 bridgehead atoms. The van der Waals surface area contributed by atoms with Crippen LogP contribution in [0, 0.1) is 0 Å². The summed E-state index contributed by atoms with van der Waals surface area (Å²) in [7, 11) is 0. The van der Waals surface area contributed by atoms with Crippen LogP contribution in [0.2, 0.25) is 0 Å². The zero-order valence-corrected chi connectivity index (χ0v) is 10.3. The monoisotopic (exact) mass is 174 g/mol. The third kappa shape index (κ3) is 4.81. The molecule has 0 radical (unpaired) electrons. The van der Waals surface area contributed by atoms with Gasteiger partial charge in [0.2, 0.25) is 0 Å². The molecule has 0 aliphatic heterocycles. The second-order valence-electron chi connectivity index (χ2n) is 3.53. The van der Waals surface area contributed by atoms with Gasteiger partial charge >= 0.3 is 29.6 Å². The first-order chi connectivity index (χ1) is 5.08. The molecule has 0 fully saturated rings. The SMILES string of the molecule is CC(C)(C)Oc1ccccc1.[H-].[Na+]. The van der Waals surface area contributed by atoms with Gasteiger partial charge in [0.25, 0.3) is 0 Å². The third-order valence-corrected chi connectivity index (χ3v) is 1.17. The maximum atomic E-state index is 5.60. The van der Waals surface area contributed by atoms with Gasteiger partial charge in [0.1, 0.15) is 11.4 Å². The van der Waals surface area contributed by atoms with Gasteiger partial charge in [0, 0.05) is 0 Å². The van der Waals surface area contributed by atoms with Gasteiger partial charge in [-0.1, -0.05) is 18.2 Å². The Labute approximate surface area is 97.9 Å². The van der Waals surface area contributed by atoms with Crippen molar-refractivity contribution in [2.45, 2.75) is 26.4 Å². The molecule has 0 saturated heterocycles. The van der Waals surface area contributed by atoms with Gasteiger partial charge in [-0.15, -0.1) is 0 Å². The van der Waals surface area contributed by atoms with Gasteiger partial charge in [-0.2, -0.15) is 0 Å². The van der Waals surface area contributed by atoms with Crippen LogP contribution in [-0.2, 0) is 0 Å². The van der Waals surface area contributed by atoms with Crippen LogP contribution in [0.4, 0.5) is 0 Å². The van der Waals surface area contributed by atoms with E-state index >= 15 is 0 Å². The summed E-state index contributed by atoms with van der Waals surface area (Å²) < 4.78 is 5.60. The molecule has 1 aromatic rings. The third-order valence-electron chi connectivity index (χ3n) is 1.17. The molecule has 0 unspecified atom stereocenters. The quantitative estimate of drug-likeness (QED) is 0.544. The molecule has 12 heavy (non-hydrogen) atoms. The predicted molar refractivity (Wildman–Crippen MR) is 47.9 cm³/mol. The molecule has 0 N–H and O–H groups in total. The predicted octanol–water partition coefficient (Wildman–Crippen LogP) is -0.0196. The fraction of sp³-hybridized carbons (Fsp3) is 0.400. The number of para-hydroxylation sites is 1. The van der Waals surface area contributed by atoms with E-state index in [1.54, 1.807) is 0 Å². The number of ether oxygens (including phenoxy) is 1. The molecule has 0 aromatic heterocycles. The van der Waals surface area contributed by atoms with Gasteiger partial charge in [0.15, 0.2) is 0 Å². The second-order valence-corrected chi connectivity index (χ2v) is 3.53. The Morgan fingerprint density at radius 1 is 1.08 bits per heavy atom. The van der Waals surface area contributed by atoms with E-state index in [0.717, 1.165) is 5.75 Å². The summed E-state index contributed by atoms with van der Waals surface area (Å²) in [5.74, 6) is 0.931. The fourth-order valence-corrected chi connectivity index (χ4v) is 0.842. The maximum absolute atomic E-state index is 5.60. The smallest absolute Gasteiger partial charge is 1.00 e. The molecule has 0 amide bonds. The van der Waals surface area contributed by atoms with Crippen LogP contribution >= 0.6 is 0 Å². The molecular weight excluding hydrogens is 159 g/mol. The summed E-state index contributed by atoms with van der Waals surface area (Å²) >= 11 is 0. The fourth-order valence-electron chi connectivity index (χ4n) is 0.842. The Morgan fingerprint density at radius 2 is 1.58 bits per heavy atom. The Balaban J connectivity index is 0. The van der Waals surface area contributed by atoms with Gasteiger partial charge < -0.3 is 6.16 Å². The standard InChI is InChI=1S/C10H14O.Na.H/c1-10(2,3)11-9-7-5-4-6-8-9;;/h4-8H,1-3H3;;/q;+1;-1. The average Bonchev–Trinajstić information content (AvgIpc) is 1.85. The van der Waals surface area contributed by atoms with Crippen molar-refractivity contribution in [2.24, 2.45) is 0 Å². The van der Waals surface area contributed by atoms with E-state index in [0.29, 0.717) is 0 Å². The second kappa shape index (κ2) is 4.90. The molecule has 0 atom stereocenters. The van der Waals surface area contributed by atoms with E-state index in [1.807, 2.05) is 51.1 Å². The molecule has 0 aliphatic rings. The molecule has 2 heteroatoms. The number of hydrogen-bond acceptors (Lipinski definition) is 1. The van der Waals surface area contributed by atoms with Crippen molar-refractivity contribution in [1.82, 2.24) is 0 Å². The van der Waals surface area contributed by atoms with E-state index in [4.69, 9.17) is 4.74 Å². The number of benzene rings is 1. The molecule has 1 nitrogen and oxygen atoms in total. The van der Waals surface area contributed by atoms with Crippen molar-refractivity contribution in [1.29, 1.82) is 0 Å². The molecule has 0 heterocycles. The first-order valence-corrected chi connectivity index (χ1v) is 3.82. The number of rotatable bonds is 1. The summed E-state index contributed by atoms with van der Waals surface area (Å²) in [5, 5.41) is 0. The largest absolute Gasteiger partial charge is 1.00 e. The topological polar surface area (TPSA) is 9.23 Å². The Morgan fingerprint density at radius 3 is 2.00 bits per heavy atom. The van der Waals surface area contributed by atoms with Crippen LogP contribution in [0.1, 0.15) is 22.2 Å². The molecule has 62 valence electrons. The molecule has 0 saturated carbocycles. The van der Waals surface area contributed by atoms with Crippen LogP contribution < -0.4 is 34.3 Å². The van der Waals surface area contributed by atoms with Crippen LogP contribution in [0.3, 0.4) is 0 Å². The van der Waals surface area contributed by atoms with Gasteiger partial charge in [-0.05, 0) is 32.9 Å². The molecule has 1 rings (SSSR count). The van der Waals surface area contributed by atoms with E-state index in [2.05, 4.69) is 0 Å². The molecule has 0 spiro atoms. The van der Waals surface area contributed by atoms with Crippen LogP contribution in [0.25, 0.3) is 0 Å². The first-order valence-electron chi connectivity index (χ1n) is 3.82. The normalized spacial score (nSPS) is 10.2. The Hall–Kier alpha value is 0.0200. The average molecular weight is 174 g/mol. The van der Waals surface area contributed by atoms with Gasteiger partial charge in [-0.25, -0.2) is 0 Å². The zero-order chi connectivity index (χ0) is 8.32. The van der Waals surface area contributed by atoms with E-state index in [9.17, 15) is 0 Å². The first kappa shape index (κ1) is 12.0. The van der Waals surface area contributed by atoms with Crippen molar-refractivity contribution >= 4 is 0 Å². The Kier molecular flexibility index (Phi) is 4.91. The van der Waals surface area contributed by atoms with Crippen LogP contribution in [0.5, 0.6) is 5.75 Å². The molecule has 0 aliphatic carbocycles. The van der Waals surface area contributed by atoms with Crippen molar-refractivity contribution in [3.05, 3.63) is 30.3 Å².